The summed E-state index contributed by atoms with van der Waals surface area (Å²) in [6.07, 6.45) is 8.04. The highest BCUT2D eigenvalue weighted by molar-refractivity contribution is 5.94. The van der Waals surface area contributed by atoms with Gasteiger partial charge < -0.3 is 24.8 Å². The number of anilines is 1. The van der Waals surface area contributed by atoms with Crippen LogP contribution in [0.5, 0.6) is 5.75 Å². The van der Waals surface area contributed by atoms with Gasteiger partial charge in [0.05, 0.1) is 19.7 Å². The highest BCUT2D eigenvalue weighted by atomic mass is 16.6. The van der Waals surface area contributed by atoms with Crippen molar-refractivity contribution in [2.24, 2.45) is 5.41 Å². The Kier molecular flexibility index (Phi) is 6.00. The van der Waals surface area contributed by atoms with Gasteiger partial charge in [0.2, 0.25) is 0 Å². The lowest BCUT2D eigenvalue weighted by Gasteiger charge is -2.64. The zero-order chi connectivity index (χ0) is 27.6. The molecule has 1 spiro atoms. The van der Waals surface area contributed by atoms with Crippen molar-refractivity contribution in [2.45, 2.75) is 55.9 Å². The molecular weight excluding hydrogens is 496 g/mol. The molecule has 2 aromatic rings. The summed E-state index contributed by atoms with van der Waals surface area (Å²) in [6.45, 7) is 5.06. The van der Waals surface area contributed by atoms with E-state index < -0.39 is 34.5 Å². The number of methoxy groups -OCH3 is 1. The predicted molar refractivity (Wildman–Crippen MR) is 146 cm³/mol. The first-order valence-electron chi connectivity index (χ1n) is 13.6. The molecule has 206 valence electrons. The van der Waals surface area contributed by atoms with Crippen molar-refractivity contribution in [2.75, 3.05) is 38.7 Å². The number of aliphatic hydroxyl groups is 1. The number of pyridine rings is 1. The Morgan fingerprint density at radius 2 is 1.97 bits per heavy atom. The first kappa shape index (κ1) is 25.8. The van der Waals surface area contributed by atoms with Gasteiger partial charge in [0.15, 0.2) is 0 Å². The average molecular weight is 533 g/mol. The molecule has 1 aromatic carbocycles. The van der Waals surface area contributed by atoms with Crippen LogP contribution in [0, 0.1) is 5.41 Å². The normalized spacial score (nSPS) is 34.2. The van der Waals surface area contributed by atoms with Crippen molar-refractivity contribution in [3.63, 3.8) is 0 Å². The molecule has 9 heteroatoms. The molecule has 2 N–H and O–H groups in total. The first-order chi connectivity index (χ1) is 18.7. The van der Waals surface area contributed by atoms with Crippen LogP contribution in [0.1, 0.15) is 42.6 Å². The van der Waals surface area contributed by atoms with E-state index in [1.165, 1.54) is 6.92 Å². The SMILES string of the molecule is CCC12C=CCN3CC[C@@]4(c5ccc(OC)cc5N(C)[C@H]4[C@@](O)(CNC(=O)c4ccncc4)[C@@H]1OC(C)=O)C32. The molecule has 1 aromatic heterocycles. The summed E-state index contributed by atoms with van der Waals surface area (Å²) in [5, 5.41) is 16.0. The number of benzene rings is 1. The van der Waals surface area contributed by atoms with Crippen LogP contribution in [0.15, 0.2) is 54.9 Å². The molecule has 4 heterocycles. The van der Waals surface area contributed by atoms with E-state index in [4.69, 9.17) is 9.47 Å². The summed E-state index contributed by atoms with van der Waals surface area (Å²) < 4.78 is 11.7. The number of ether oxygens (including phenoxy) is 2. The molecule has 1 saturated carbocycles. The number of nitrogens with zero attached hydrogens (tertiary/aromatic N) is 3. The second kappa shape index (κ2) is 9.06. The lowest BCUT2D eigenvalue weighted by molar-refractivity contribution is -0.216. The Morgan fingerprint density at radius 1 is 1.21 bits per heavy atom. The van der Waals surface area contributed by atoms with Crippen LogP contribution >= 0.6 is 0 Å². The molecule has 3 aliphatic heterocycles. The summed E-state index contributed by atoms with van der Waals surface area (Å²) in [5.41, 5.74) is -0.123. The maximum atomic E-state index is 13.2. The Morgan fingerprint density at radius 3 is 2.67 bits per heavy atom. The number of hydrogen-bond acceptors (Lipinski definition) is 8. The number of nitrogens with one attached hydrogen (secondary N) is 1. The zero-order valence-electron chi connectivity index (χ0n) is 22.9. The van der Waals surface area contributed by atoms with E-state index in [0.717, 1.165) is 36.5 Å². The quantitative estimate of drug-likeness (QED) is 0.432. The number of amides is 1. The van der Waals surface area contributed by atoms with Gasteiger partial charge in [0.25, 0.3) is 5.91 Å². The minimum atomic E-state index is -1.61. The van der Waals surface area contributed by atoms with Crippen molar-refractivity contribution in [1.29, 1.82) is 0 Å². The highest BCUT2D eigenvalue weighted by Crippen LogP contribution is 2.67. The van der Waals surface area contributed by atoms with Gasteiger partial charge in [-0.1, -0.05) is 25.1 Å². The van der Waals surface area contributed by atoms with Crippen LogP contribution in [0.3, 0.4) is 0 Å². The van der Waals surface area contributed by atoms with E-state index in [1.807, 2.05) is 19.2 Å². The van der Waals surface area contributed by atoms with E-state index >= 15 is 0 Å². The molecule has 4 aliphatic rings. The second-order valence-corrected chi connectivity index (χ2v) is 11.4. The third-order valence-corrected chi connectivity index (χ3v) is 9.69. The van der Waals surface area contributed by atoms with Gasteiger partial charge in [0, 0.05) is 67.1 Å². The number of hydrogen-bond donors (Lipinski definition) is 2. The number of aromatic nitrogens is 1. The molecule has 6 atom stereocenters. The summed E-state index contributed by atoms with van der Waals surface area (Å²) in [7, 11) is 3.63. The van der Waals surface area contributed by atoms with Gasteiger partial charge in [-0.2, -0.15) is 0 Å². The summed E-state index contributed by atoms with van der Waals surface area (Å²) in [5.74, 6) is -0.0365. The largest absolute Gasteiger partial charge is 0.497 e. The molecular formula is C30H36N4O5. The maximum absolute atomic E-state index is 13.2. The lowest BCUT2D eigenvalue weighted by atomic mass is 9.47. The van der Waals surface area contributed by atoms with Gasteiger partial charge in [-0.15, -0.1) is 0 Å². The van der Waals surface area contributed by atoms with E-state index in [9.17, 15) is 14.7 Å². The summed E-state index contributed by atoms with van der Waals surface area (Å²) >= 11 is 0. The van der Waals surface area contributed by atoms with Crippen LogP contribution in [0.2, 0.25) is 0 Å². The highest BCUT2D eigenvalue weighted by Gasteiger charge is 2.77. The van der Waals surface area contributed by atoms with Crippen LogP contribution in [-0.4, -0.2) is 84.4 Å². The number of rotatable bonds is 6. The molecule has 6 rings (SSSR count). The number of esters is 1. The molecule has 39 heavy (non-hydrogen) atoms. The van der Waals surface area contributed by atoms with Gasteiger partial charge in [0.1, 0.15) is 17.5 Å². The van der Waals surface area contributed by atoms with E-state index in [0.29, 0.717) is 12.0 Å². The summed E-state index contributed by atoms with van der Waals surface area (Å²) in [4.78, 5) is 34.5. The van der Waals surface area contributed by atoms with Gasteiger partial charge in [-0.25, -0.2) is 0 Å². The van der Waals surface area contributed by atoms with Crippen molar-refractivity contribution >= 4 is 17.6 Å². The van der Waals surface area contributed by atoms with Crippen molar-refractivity contribution in [1.82, 2.24) is 15.2 Å². The fraction of sp³-hybridized carbons (Fsp3) is 0.500. The van der Waals surface area contributed by atoms with E-state index in [1.54, 1.807) is 31.6 Å². The Hall–Kier alpha value is -3.43. The predicted octanol–water partition coefficient (Wildman–Crippen LogP) is 2.29. The molecule has 1 amide bonds. The van der Waals surface area contributed by atoms with Crippen molar-refractivity contribution in [3.05, 3.63) is 66.0 Å². The first-order valence-corrected chi connectivity index (χ1v) is 13.6. The number of carbonyl (C=O) groups excluding carboxylic acids is 2. The van der Waals surface area contributed by atoms with Gasteiger partial charge >= 0.3 is 5.97 Å². The average Bonchev–Trinajstić information content (AvgIpc) is 3.46. The van der Waals surface area contributed by atoms with Gasteiger partial charge in [-0.05, 0) is 43.1 Å². The molecule has 1 saturated heterocycles. The Labute approximate surface area is 228 Å². The maximum Gasteiger partial charge on any atom is 0.303 e. The standard InChI is InChI=1S/C30H36N4O5/c1-5-28-11-6-15-34-16-12-29(25(28)34)22-8-7-21(38-4)17-23(22)33(3)26(29)30(37,27(28)39-19(2)35)18-32-24(36)20-9-13-31-14-10-20/h6-11,13-14,17,25-27,37H,5,12,15-16,18H2,1-4H3,(H,32,36)/t25?,26-,27-,28?,29-,30+/m1/s1. The van der Waals surface area contributed by atoms with Crippen LogP contribution < -0.4 is 15.0 Å². The van der Waals surface area contributed by atoms with E-state index in [-0.39, 0.29) is 18.5 Å². The van der Waals surface area contributed by atoms with Crippen LogP contribution in [0.4, 0.5) is 5.69 Å². The summed E-state index contributed by atoms with van der Waals surface area (Å²) in [6, 6.07) is 8.96. The zero-order valence-corrected chi connectivity index (χ0v) is 22.9. The third-order valence-electron chi connectivity index (χ3n) is 9.69. The minimum absolute atomic E-state index is 0.00243. The van der Waals surface area contributed by atoms with Crippen molar-refractivity contribution in [3.8, 4) is 5.75 Å². The number of likely N-dealkylation sites (N-methyl/N-ethyl adjacent to an activating group) is 1. The topological polar surface area (TPSA) is 104 Å². The monoisotopic (exact) mass is 532 g/mol. The molecule has 2 fully saturated rings. The lowest BCUT2D eigenvalue weighted by Crippen LogP contribution is -2.81. The molecule has 2 unspecified atom stereocenters. The minimum Gasteiger partial charge on any atom is -0.497 e. The Bertz CT molecular complexity index is 1330. The number of carbonyl (C=O) groups is 2. The molecule has 0 bridgehead atoms. The van der Waals surface area contributed by atoms with Crippen LogP contribution in [-0.2, 0) is 14.9 Å². The molecule has 9 nitrogen and oxygen atoms in total. The van der Waals surface area contributed by atoms with Gasteiger partial charge in [-0.3, -0.25) is 19.5 Å². The second-order valence-electron chi connectivity index (χ2n) is 11.4. The Balaban J connectivity index is 1.55. The smallest absolute Gasteiger partial charge is 0.303 e. The van der Waals surface area contributed by atoms with E-state index in [2.05, 4.69) is 45.2 Å². The fourth-order valence-corrected chi connectivity index (χ4v) is 8.47. The molecule has 0 radical (unpaired) electrons. The van der Waals surface area contributed by atoms with Crippen LogP contribution in [0.25, 0.3) is 0 Å². The molecule has 1 aliphatic carbocycles. The number of fused-ring (bicyclic) bond motifs is 1. The fourth-order valence-electron chi connectivity index (χ4n) is 8.47. The van der Waals surface area contributed by atoms with Crippen molar-refractivity contribution < 1.29 is 24.2 Å². The third kappa shape index (κ3) is 3.42.